The molecule has 4 heterocycles. The first-order valence-corrected chi connectivity index (χ1v) is 10.5. The molecule has 0 amide bonds. The number of rotatable bonds is 5. The van der Waals surface area contributed by atoms with E-state index in [2.05, 4.69) is 26.3 Å². The van der Waals surface area contributed by atoms with Gasteiger partial charge in [-0.05, 0) is 37.1 Å². The zero-order valence-corrected chi connectivity index (χ0v) is 18.0. The number of dihydropyridines is 1. The molecular weight excluding hydrogens is 433 g/mol. The lowest BCUT2D eigenvalue weighted by Gasteiger charge is -2.42. The summed E-state index contributed by atoms with van der Waals surface area (Å²) >= 11 is 0. The average Bonchev–Trinajstić information content (AvgIpc) is 2.85. The molecule has 0 atom stereocenters. The maximum Gasteiger partial charge on any atom is 0.430 e. The van der Waals surface area contributed by atoms with Crippen molar-refractivity contribution < 1.29 is 17.9 Å². The molecule has 7 nitrogen and oxygen atoms in total. The number of hydrogen-bond donors (Lipinski definition) is 1. The van der Waals surface area contributed by atoms with E-state index in [-0.39, 0.29) is 12.6 Å². The number of allylic oxidation sites excluding steroid dienone is 3. The van der Waals surface area contributed by atoms with Crippen molar-refractivity contribution in [3.8, 4) is 11.8 Å². The number of ether oxygens (including phenoxy) is 1. The molecule has 0 radical (unpaired) electrons. The number of piperidine rings is 1. The Balaban J connectivity index is 1.59. The molecule has 0 saturated carbocycles. The Morgan fingerprint density at radius 1 is 1.18 bits per heavy atom. The maximum absolute atomic E-state index is 13.1. The van der Waals surface area contributed by atoms with Gasteiger partial charge in [-0.15, -0.1) is 0 Å². The fraction of sp³-hybridized carbons (Fsp3) is 0.348. The Morgan fingerprint density at radius 3 is 2.55 bits per heavy atom. The van der Waals surface area contributed by atoms with E-state index in [0.717, 1.165) is 24.7 Å². The number of aromatic nitrogens is 2. The summed E-state index contributed by atoms with van der Waals surface area (Å²) in [6.45, 7) is 1.47. The summed E-state index contributed by atoms with van der Waals surface area (Å²) in [5.41, 5.74) is 1.17. The van der Waals surface area contributed by atoms with E-state index >= 15 is 0 Å². The number of hydrogen-bond acceptors (Lipinski definition) is 7. The lowest BCUT2D eigenvalue weighted by atomic mass is 10.0. The molecule has 0 spiro atoms. The maximum atomic E-state index is 13.1. The van der Waals surface area contributed by atoms with Gasteiger partial charge in [-0.3, -0.25) is 4.98 Å². The first kappa shape index (κ1) is 22.5. The van der Waals surface area contributed by atoms with Gasteiger partial charge in [0, 0.05) is 43.3 Å². The van der Waals surface area contributed by atoms with Gasteiger partial charge in [-0.1, -0.05) is 0 Å². The Labute approximate surface area is 189 Å². The summed E-state index contributed by atoms with van der Waals surface area (Å²) in [6, 6.07) is 7.41. The molecule has 2 aliphatic heterocycles. The molecule has 172 valence electrons. The van der Waals surface area contributed by atoms with Crippen LogP contribution in [0.3, 0.4) is 0 Å². The third-order valence-electron chi connectivity index (χ3n) is 5.79. The van der Waals surface area contributed by atoms with E-state index in [1.807, 2.05) is 11.0 Å². The summed E-state index contributed by atoms with van der Waals surface area (Å²) in [6.07, 6.45) is 4.53. The largest absolute Gasteiger partial charge is 0.494 e. The summed E-state index contributed by atoms with van der Waals surface area (Å²) in [5, 5.41) is 11.5. The van der Waals surface area contributed by atoms with E-state index in [1.165, 1.54) is 6.08 Å². The van der Waals surface area contributed by atoms with Crippen LogP contribution in [0.2, 0.25) is 0 Å². The number of alkyl halides is 3. The van der Waals surface area contributed by atoms with Crippen LogP contribution in [0.5, 0.6) is 5.75 Å². The summed E-state index contributed by atoms with van der Waals surface area (Å²) in [5.74, 6) is 1.40. The number of nitrogens with zero attached hydrogens (tertiary/aromatic N) is 5. The monoisotopic (exact) mass is 456 g/mol. The number of pyridine rings is 2. The van der Waals surface area contributed by atoms with Gasteiger partial charge in [0.25, 0.3) is 0 Å². The van der Waals surface area contributed by atoms with Crippen LogP contribution < -0.4 is 19.9 Å². The van der Waals surface area contributed by atoms with Crippen LogP contribution in [-0.4, -0.2) is 48.9 Å². The molecule has 2 aliphatic rings. The van der Waals surface area contributed by atoms with Gasteiger partial charge in [0.1, 0.15) is 29.0 Å². The van der Waals surface area contributed by atoms with Crippen LogP contribution in [0.25, 0.3) is 0 Å². The standard InChI is InChI=1S/C23H23F3N6O/c1-33-20-6-9-28-15-19(20)32(18-3-4-21(29-14-18)23(24,25)26)17-7-10-31(11-8-17)22-5-2-16(12-27)13-30-22/h2-6,9,13,15,17,29H,7-8,10-11,14H2,1H3. The summed E-state index contributed by atoms with van der Waals surface area (Å²) < 4.78 is 44.8. The Bertz CT molecular complexity index is 1080. The molecule has 0 bridgehead atoms. The summed E-state index contributed by atoms with van der Waals surface area (Å²) in [4.78, 5) is 12.8. The molecule has 1 N–H and O–H groups in total. The van der Waals surface area contributed by atoms with E-state index in [9.17, 15) is 13.2 Å². The summed E-state index contributed by atoms with van der Waals surface area (Å²) in [7, 11) is 1.56. The quantitative estimate of drug-likeness (QED) is 0.734. The number of anilines is 2. The molecule has 4 rings (SSSR count). The molecule has 33 heavy (non-hydrogen) atoms. The Morgan fingerprint density at radius 2 is 1.97 bits per heavy atom. The van der Waals surface area contributed by atoms with Crippen molar-refractivity contribution in [1.82, 2.24) is 15.3 Å². The lowest BCUT2D eigenvalue weighted by Crippen LogP contribution is -2.47. The van der Waals surface area contributed by atoms with Crippen LogP contribution in [0.4, 0.5) is 24.7 Å². The second-order valence-electron chi connectivity index (χ2n) is 7.74. The molecule has 0 aliphatic carbocycles. The molecule has 0 unspecified atom stereocenters. The number of halogens is 3. The van der Waals surface area contributed by atoms with Crippen molar-refractivity contribution in [2.45, 2.75) is 25.1 Å². The SMILES string of the molecule is COc1ccncc1N(C1=CC=C(C(F)(F)F)NC1)C1CCN(c2ccc(C#N)cn2)CC1. The predicted octanol–water partition coefficient (Wildman–Crippen LogP) is 3.77. The van der Waals surface area contributed by atoms with Crippen LogP contribution in [0.15, 0.2) is 60.3 Å². The molecule has 0 aromatic carbocycles. The molecular formula is C23H23F3N6O. The first-order valence-electron chi connectivity index (χ1n) is 10.5. The minimum atomic E-state index is -4.42. The van der Waals surface area contributed by atoms with Crippen molar-refractivity contribution >= 4 is 11.5 Å². The smallest absolute Gasteiger partial charge is 0.430 e. The normalized spacial score (nSPS) is 16.9. The fourth-order valence-corrected chi connectivity index (χ4v) is 4.15. The second kappa shape index (κ2) is 9.40. The zero-order chi connectivity index (χ0) is 23.4. The van der Waals surface area contributed by atoms with Gasteiger partial charge in [0.2, 0.25) is 0 Å². The molecule has 2 aromatic heterocycles. The Kier molecular flexibility index (Phi) is 6.40. The minimum absolute atomic E-state index is 0.0339. The van der Waals surface area contributed by atoms with E-state index in [0.29, 0.717) is 35.8 Å². The minimum Gasteiger partial charge on any atom is -0.494 e. The van der Waals surface area contributed by atoms with Crippen LogP contribution in [-0.2, 0) is 0 Å². The van der Waals surface area contributed by atoms with Crippen molar-refractivity contribution in [3.05, 3.63) is 65.9 Å². The van der Waals surface area contributed by atoms with E-state index in [1.54, 1.807) is 37.8 Å². The number of nitrogens with one attached hydrogen (secondary N) is 1. The van der Waals surface area contributed by atoms with Crippen molar-refractivity contribution in [2.75, 3.05) is 36.5 Å². The number of methoxy groups -OCH3 is 1. The van der Waals surface area contributed by atoms with Gasteiger partial charge in [0.05, 0.1) is 25.4 Å². The molecule has 1 fully saturated rings. The highest BCUT2D eigenvalue weighted by molar-refractivity contribution is 5.63. The van der Waals surface area contributed by atoms with Gasteiger partial charge in [-0.2, -0.15) is 18.4 Å². The molecule has 1 saturated heterocycles. The van der Waals surface area contributed by atoms with Crippen molar-refractivity contribution in [3.63, 3.8) is 0 Å². The van der Waals surface area contributed by atoms with Crippen LogP contribution in [0.1, 0.15) is 18.4 Å². The topological polar surface area (TPSA) is 77.3 Å². The fourth-order valence-electron chi connectivity index (χ4n) is 4.15. The van der Waals surface area contributed by atoms with Gasteiger partial charge < -0.3 is 19.9 Å². The van der Waals surface area contributed by atoms with Gasteiger partial charge in [0.15, 0.2) is 0 Å². The third kappa shape index (κ3) is 4.87. The highest BCUT2D eigenvalue weighted by Gasteiger charge is 2.36. The van der Waals surface area contributed by atoms with Crippen molar-refractivity contribution in [1.29, 1.82) is 5.26 Å². The van der Waals surface area contributed by atoms with Crippen LogP contribution in [0, 0.1) is 11.3 Å². The average molecular weight is 456 g/mol. The van der Waals surface area contributed by atoms with Gasteiger partial charge >= 0.3 is 6.18 Å². The molecule has 2 aromatic rings. The predicted molar refractivity (Wildman–Crippen MR) is 118 cm³/mol. The first-order chi connectivity index (χ1) is 15.9. The number of nitriles is 1. The Hall–Kier alpha value is -3.74. The molecule has 10 heteroatoms. The van der Waals surface area contributed by atoms with Gasteiger partial charge in [-0.25, -0.2) is 4.98 Å². The van der Waals surface area contributed by atoms with E-state index in [4.69, 9.17) is 10.00 Å². The van der Waals surface area contributed by atoms with E-state index < -0.39 is 11.9 Å². The van der Waals surface area contributed by atoms with Crippen molar-refractivity contribution in [2.24, 2.45) is 0 Å². The third-order valence-corrected chi connectivity index (χ3v) is 5.79. The van der Waals surface area contributed by atoms with Crippen LogP contribution >= 0.6 is 0 Å². The lowest BCUT2D eigenvalue weighted by molar-refractivity contribution is -0.0966. The highest BCUT2D eigenvalue weighted by Crippen LogP contribution is 2.36. The second-order valence-corrected chi connectivity index (χ2v) is 7.74. The zero-order valence-electron chi connectivity index (χ0n) is 18.0. The highest BCUT2D eigenvalue weighted by atomic mass is 19.4.